The van der Waals surface area contributed by atoms with E-state index in [4.69, 9.17) is 11.1 Å². The molecule has 0 aromatic rings. The van der Waals surface area contributed by atoms with Gasteiger partial charge in [-0.05, 0) is 26.3 Å². The van der Waals surface area contributed by atoms with Crippen LogP contribution in [0, 0.1) is 5.41 Å². The Labute approximate surface area is 70.0 Å². The molecule has 0 aromatic carbocycles. The fourth-order valence-electron chi connectivity index (χ4n) is 0.455. The molecule has 0 aliphatic rings. The molecule has 0 heterocycles. The first-order valence-corrected chi connectivity index (χ1v) is 4.01. The van der Waals surface area contributed by atoms with Crippen LogP contribution in [-0.4, -0.2) is 12.3 Å². The number of hydrogen-bond donors (Lipinski definition) is 2. The summed E-state index contributed by atoms with van der Waals surface area (Å²) >= 11 is 0. The van der Waals surface area contributed by atoms with Crippen molar-refractivity contribution in [2.24, 2.45) is 5.73 Å². The summed E-state index contributed by atoms with van der Waals surface area (Å²) in [5.41, 5.74) is 7.97. The summed E-state index contributed by atoms with van der Waals surface area (Å²) in [7, 11) is 0. The summed E-state index contributed by atoms with van der Waals surface area (Å²) < 4.78 is 0. The van der Waals surface area contributed by atoms with Crippen molar-refractivity contribution in [3.8, 4) is 0 Å². The van der Waals surface area contributed by atoms with Crippen LogP contribution in [0.2, 0.25) is 0 Å². The Kier molecular flexibility index (Phi) is 8.83. The average Bonchev–Trinajstić information content (AvgIpc) is 2.05. The van der Waals surface area contributed by atoms with E-state index < -0.39 is 0 Å². The van der Waals surface area contributed by atoms with Gasteiger partial charge in [0.2, 0.25) is 0 Å². The molecule has 0 unspecified atom stereocenters. The minimum absolute atomic E-state index is 0.344. The molecular formula is C9H20N2. The molecule has 0 rings (SSSR count). The van der Waals surface area contributed by atoms with E-state index in [1.165, 1.54) is 5.57 Å². The molecule has 0 amide bonds. The second-order valence-electron chi connectivity index (χ2n) is 2.31. The van der Waals surface area contributed by atoms with Gasteiger partial charge in [0.25, 0.3) is 0 Å². The molecule has 0 bridgehead atoms. The summed E-state index contributed by atoms with van der Waals surface area (Å²) in [6.45, 7) is 10.2. The zero-order chi connectivity index (χ0) is 9.44. The summed E-state index contributed by atoms with van der Waals surface area (Å²) in [6.07, 6.45) is 0. The highest BCUT2D eigenvalue weighted by Gasteiger charge is 1.96. The van der Waals surface area contributed by atoms with Gasteiger partial charge in [0, 0.05) is 12.3 Å². The van der Waals surface area contributed by atoms with Gasteiger partial charge in [-0.2, -0.15) is 0 Å². The van der Waals surface area contributed by atoms with E-state index in [0.29, 0.717) is 12.3 Å². The lowest BCUT2D eigenvalue weighted by atomic mass is 10.1. The van der Waals surface area contributed by atoms with Crippen LogP contribution in [-0.2, 0) is 0 Å². The molecule has 0 saturated heterocycles. The minimum atomic E-state index is 0.344. The van der Waals surface area contributed by atoms with Gasteiger partial charge in [0.15, 0.2) is 0 Å². The predicted molar refractivity (Wildman–Crippen MR) is 52.2 cm³/mol. The van der Waals surface area contributed by atoms with Crippen molar-refractivity contribution >= 4 is 5.71 Å². The number of nitrogens with two attached hydrogens (primary N) is 1. The third-order valence-electron chi connectivity index (χ3n) is 1.41. The first kappa shape index (κ1) is 13.0. The van der Waals surface area contributed by atoms with Crippen LogP contribution >= 0.6 is 0 Å². The summed E-state index contributed by atoms with van der Waals surface area (Å²) in [5, 5.41) is 7.29. The maximum atomic E-state index is 7.29. The van der Waals surface area contributed by atoms with Crippen LogP contribution in [0.4, 0.5) is 0 Å². The molecule has 0 aliphatic carbocycles. The first-order chi connectivity index (χ1) is 5.09. The van der Waals surface area contributed by atoms with Crippen LogP contribution in [0.3, 0.4) is 0 Å². The molecule has 0 atom stereocenters. The topological polar surface area (TPSA) is 49.9 Å². The highest BCUT2D eigenvalue weighted by Crippen LogP contribution is 2.01. The van der Waals surface area contributed by atoms with Gasteiger partial charge >= 0.3 is 0 Å². The molecular weight excluding hydrogens is 136 g/mol. The second-order valence-corrected chi connectivity index (χ2v) is 2.31. The lowest BCUT2D eigenvalue weighted by Gasteiger charge is -2.01. The van der Waals surface area contributed by atoms with Crippen molar-refractivity contribution in [3.63, 3.8) is 0 Å². The molecule has 0 aliphatic heterocycles. The molecule has 0 fully saturated rings. The van der Waals surface area contributed by atoms with Gasteiger partial charge in [-0.3, -0.25) is 0 Å². The van der Waals surface area contributed by atoms with E-state index in [0.717, 1.165) is 5.57 Å². The zero-order valence-electron chi connectivity index (χ0n) is 8.28. The fourth-order valence-corrected chi connectivity index (χ4v) is 0.455. The number of hydrogen-bond acceptors (Lipinski definition) is 2. The quantitative estimate of drug-likeness (QED) is 0.592. The molecule has 0 radical (unpaired) electrons. The number of nitrogens with one attached hydrogen (secondary N) is 1. The van der Waals surface area contributed by atoms with Gasteiger partial charge in [-0.25, -0.2) is 0 Å². The molecule has 66 valence electrons. The van der Waals surface area contributed by atoms with Gasteiger partial charge < -0.3 is 11.1 Å². The Hall–Kier alpha value is -0.630. The Morgan fingerprint density at radius 1 is 1.18 bits per heavy atom. The van der Waals surface area contributed by atoms with Gasteiger partial charge in [-0.1, -0.05) is 19.4 Å². The molecule has 11 heavy (non-hydrogen) atoms. The highest BCUT2D eigenvalue weighted by atomic mass is 14.6. The largest absolute Gasteiger partial charge is 0.325 e. The lowest BCUT2D eigenvalue weighted by Crippen LogP contribution is -2.13. The Bertz CT molecular complexity index is 142. The third-order valence-corrected chi connectivity index (χ3v) is 1.41. The van der Waals surface area contributed by atoms with Crippen molar-refractivity contribution in [2.75, 3.05) is 6.54 Å². The maximum absolute atomic E-state index is 7.29. The smallest absolute Gasteiger partial charge is 0.0478 e. The molecule has 2 nitrogen and oxygen atoms in total. The number of allylic oxidation sites excluding steroid dienone is 1. The van der Waals surface area contributed by atoms with Crippen molar-refractivity contribution in [1.82, 2.24) is 0 Å². The Morgan fingerprint density at radius 3 is 1.64 bits per heavy atom. The van der Waals surface area contributed by atoms with Crippen molar-refractivity contribution in [3.05, 3.63) is 11.1 Å². The van der Waals surface area contributed by atoms with Crippen LogP contribution < -0.4 is 5.73 Å². The average molecular weight is 156 g/mol. The van der Waals surface area contributed by atoms with Crippen molar-refractivity contribution in [1.29, 1.82) is 5.41 Å². The maximum Gasteiger partial charge on any atom is 0.0478 e. The highest BCUT2D eigenvalue weighted by molar-refractivity contribution is 5.99. The third kappa shape index (κ3) is 5.80. The first-order valence-electron chi connectivity index (χ1n) is 4.01. The SMILES string of the molecule is CC.CC(C)=C(C)C(=N)CN. The van der Waals surface area contributed by atoms with E-state index in [2.05, 4.69) is 0 Å². The minimum Gasteiger partial charge on any atom is -0.325 e. The monoisotopic (exact) mass is 156 g/mol. The predicted octanol–water partition coefficient (Wildman–Crippen LogP) is 2.35. The molecule has 3 N–H and O–H groups in total. The van der Waals surface area contributed by atoms with Crippen LogP contribution in [0.15, 0.2) is 11.1 Å². The summed E-state index contributed by atoms with van der Waals surface area (Å²) in [4.78, 5) is 0. The fraction of sp³-hybridized carbons (Fsp3) is 0.667. The van der Waals surface area contributed by atoms with E-state index in [-0.39, 0.29) is 0 Å². The zero-order valence-corrected chi connectivity index (χ0v) is 8.28. The van der Waals surface area contributed by atoms with Crippen molar-refractivity contribution < 1.29 is 0 Å². The summed E-state index contributed by atoms with van der Waals surface area (Å²) in [6, 6.07) is 0. The summed E-state index contributed by atoms with van der Waals surface area (Å²) in [5.74, 6) is 0. The van der Waals surface area contributed by atoms with Crippen molar-refractivity contribution in [2.45, 2.75) is 34.6 Å². The normalized spacial score (nSPS) is 7.82. The molecule has 2 heteroatoms. The van der Waals surface area contributed by atoms with Gasteiger partial charge in [0.1, 0.15) is 0 Å². The standard InChI is InChI=1S/C7H14N2.C2H6/c1-5(2)6(3)7(9)4-8;1-2/h9H,4,8H2,1-3H3;1-2H3. The van der Waals surface area contributed by atoms with Crippen LogP contribution in [0.1, 0.15) is 34.6 Å². The lowest BCUT2D eigenvalue weighted by molar-refractivity contribution is 1.21. The Morgan fingerprint density at radius 2 is 1.55 bits per heavy atom. The van der Waals surface area contributed by atoms with E-state index in [1.54, 1.807) is 0 Å². The number of rotatable bonds is 2. The van der Waals surface area contributed by atoms with Gasteiger partial charge in [0.05, 0.1) is 0 Å². The van der Waals surface area contributed by atoms with E-state index >= 15 is 0 Å². The van der Waals surface area contributed by atoms with E-state index in [1.807, 2.05) is 34.6 Å². The van der Waals surface area contributed by atoms with Crippen LogP contribution in [0.5, 0.6) is 0 Å². The second kappa shape index (κ2) is 7.48. The molecule has 0 saturated carbocycles. The molecule has 0 aromatic heterocycles. The van der Waals surface area contributed by atoms with Gasteiger partial charge in [-0.15, -0.1) is 0 Å². The van der Waals surface area contributed by atoms with E-state index in [9.17, 15) is 0 Å². The Balaban J connectivity index is 0. The molecule has 0 spiro atoms. The van der Waals surface area contributed by atoms with Crippen LogP contribution in [0.25, 0.3) is 0 Å².